The number of nitrogens with one attached hydrogen (secondary N) is 3. The number of hydrogen-bond acceptors (Lipinski definition) is 7. The van der Waals surface area contributed by atoms with Gasteiger partial charge in [0.15, 0.2) is 5.11 Å². The van der Waals surface area contributed by atoms with Crippen molar-refractivity contribution in [1.29, 1.82) is 0 Å². The van der Waals surface area contributed by atoms with Gasteiger partial charge in [0.25, 0.3) is 0 Å². The van der Waals surface area contributed by atoms with Crippen molar-refractivity contribution >= 4 is 40.8 Å². The third-order valence-electron chi connectivity index (χ3n) is 7.54. The highest BCUT2D eigenvalue weighted by Gasteiger charge is 2.29. The molecule has 0 radical (unpaired) electrons. The van der Waals surface area contributed by atoms with Gasteiger partial charge in [-0.05, 0) is 73.8 Å². The highest BCUT2D eigenvalue weighted by molar-refractivity contribution is 7.80. The number of pyridine rings is 1. The summed E-state index contributed by atoms with van der Waals surface area (Å²) in [6, 6.07) is 20.3. The highest BCUT2D eigenvalue weighted by Crippen LogP contribution is 2.25. The number of aliphatic hydroxyl groups excluding tert-OH is 1. The van der Waals surface area contributed by atoms with Crippen molar-refractivity contribution in [2.45, 2.75) is 44.2 Å². The summed E-state index contributed by atoms with van der Waals surface area (Å²) in [6.07, 6.45) is 5.17. The summed E-state index contributed by atoms with van der Waals surface area (Å²) in [5, 5.41) is 18.6. The molecule has 10 nitrogen and oxygen atoms in total. The molecule has 0 spiro atoms. The van der Waals surface area contributed by atoms with E-state index in [1.807, 2.05) is 35.2 Å². The predicted octanol–water partition coefficient (Wildman–Crippen LogP) is 4.38. The van der Waals surface area contributed by atoms with Crippen LogP contribution in [0.15, 0.2) is 72.9 Å². The fourth-order valence-electron chi connectivity index (χ4n) is 5.27. The quantitative estimate of drug-likeness (QED) is 0.300. The van der Waals surface area contributed by atoms with Crippen LogP contribution < -0.4 is 20.7 Å². The molecule has 1 aromatic heterocycles. The molecule has 2 saturated heterocycles. The summed E-state index contributed by atoms with van der Waals surface area (Å²) >= 11 is 5.27. The van der Waals surface area contributed by atoms with Crippen molar-refractivity contribution < 1.29 is 19.4 Å². The van der Waals surface area contributed by atoms with E-state index in [1.165, 1.54) is 0 Å². The lowest BCUT2D eigenvalue weighted by molar-refractivity contribution is -0.119. The van der Waals surface area contributed by atoms with E-state index in [-0.39, 0.29) is 29.6 Å². The molecule has 3 aromatic rings. The minimum atomic E-state index is -0.192. The molecule has 220 valence electrons. The number of likely N-dealkylation sites (tertiary alicyclic amines) is 2. The number of nitrogens with zero attached hydrogens (tertiary/aromatic N) is 3. The van der Waals surface area contributed by atoms with Crippen LogP contribution in [0, 0.1) is 0 Å². The molecule has 11 heteroatoms. The Bertz CT molecular complexity index is 1360. The summed E-state index contributed by atoms with van der Waals surface area (Å²) in [4.78, 5) is 33.7. The summed E-state index contributed by atoms with van der Waals surface area (Å²) in [7, 11) is 0. The third kappa shape index (κ3) is 8.48. The molecule has 4 N–H and O–H groups in total. The number of carbonyl (C=O) groups excluding carboxylic acids is 2. The van der Waals surface area contributed by atoms with Gasteiger partial charge in [-0.3, -0.25) is 10.1 Å². The van der Waals surface area contributed by atoms with Crippen LogP contribution in [-0.2, 0) is 11.2 Å². The SMILES string of the molecule is O=C(Cc1ccccc1)NC(=S)Nc1ccc(Oc2ccnc(NC(=O)N3CCC(N4CCC(O)CC4)CC3)c2)cc1. The van der Waals surface area contributed by atoms with Crippen LogP contribution in [0.2, 0.25) is 0 Å². The van der Waals surface area contributed by atoms with Crippen LogP contribution in [0.1, 0.15) is 31.2 Å². The molecule has 0 unspecified atom stereocenters. The van der Waals surface area contributed by atoms with E-state index in [1.54, 1.807) is 42.6 Å². The van der Waals surface area contributed by atoms with Gasteiger partial charge in [-0.1, -0.05) is 30.3 Å². The molecule has 2 aliphatic rings. The number of hydrogen-bond donors (Lipinski definition) is 4. The lowest BCUT2D eigenvalue weighted by Gasteiger charge is -2.41. The highest BCUT2D eigenvalue weighted by atomic mass is 32.1. The van der Waals surface area contributed by atoms with Crippen molar-refractivity contribution in [1.82, 2.24) is 20.1 Å². The minimum absolute atomic E-state index is 0.172. The molecule has 2 aliphatic heterocycles. The topological polar surface area (TPSA) is 119 Å². The normalized spacial score (nSPS) is 16.5. The number of aliphatic hydroxyl groups is 1. The Morgan fingerprint density at radius 1 is 0.905 bits per heavy atom. The number of urea groups is 1. The number of benzene rings is 2. The first-order valence-electron chi connectivity index (χ1n) is 14.3. The van der Waals surface area contributed by atoms with Crippen molar-refractivity contribution in [3.63, 3.8) is 0 Å². The molecule has 3 amide bonds. The Morgan fingerprint density at radius 3 is 2.33 bits per heavy atom. The zero-order chi connectivity index (χ0) is 29.3. The van der Waals surface area contributed by atoms with E-state index in [4.69, 9.17) is 17.0 Å². The first-order valence-corrected chi connectivity index (χ1v) is 14.7. The summed E-state index contributed by atoms with van der Waals surface area (Å²) in [6.45, 7) is 3.22. The first-order chi connectivity index (χ1) is 20.4. The summed E-state index contributed by atoms with van der Waals surface area (Å²) < 4.78 is 5.97. The van der Waals surface area contributed by atoms with Gasteiger partial charge in [0.1, 0.15) is 17.3 Å². The smallest absolute Gasteiger partial charge is 0.323 e. The monoisotopic (exact) mass is 588 g/mol. The number of ether oxygens (including phenoxy) is 1. The summed E-state index contributed by atoms with van der Waals surface area (Å²) in [5.41, 5.74) is 1.62. The first kappa shape index (κ1) is 29.4. The molecule has 2 aromatic carbocycles. The van der Waals surface area contributed by atoms with E-state index < -0.39 is 0 Å². The largest absolute Gasteiger partial charge is 0.457 e. The van der Waals surface area contributed by atoms with Crippen LogP contribution >= 0.6 is 12.2 Å². The van der Waals surface area contributed by atoms with Crippen molar-refractivity contribution in [3.05, 3.63) is 78.5 Å². The van der Waals surface area contributed by atoms with Gasteiger partial charge in [0.05, 0.1) is 12.5 Å². The van der Waals surface area contributed by atoms with Crippen LogP contribution in [0.3, 0.4) is 0 Å². The van der Waals surface area contributed by atoms with E-state index in [9.17, 15) is 14.7 Å². The zero-order valence-electron chi connectivity index (χ0n) is 23.4. The van der Waals surface area contributed by atoms with E-state index in [0.29, 0.717) is 42.1 Å². The lowest BCUT2D eigenvalue weighted by atomic mass is 9.99. The lowest BCUT2D eigenvalue weighted by Crippen LogP contribution is -2.50. The van der Waals surface area contributed by atoms with Crippen LogP contribution in [-0.4, -0.2) is 75.3 Å². The van der Waals surface area contributed by atoms with Gasteiger partial charge >= 0.3 is 6.03 Å². The van der Waals surface area contributed by atoms with Crippen LogP contribution in [0.25, 0.3) is 0 Å². The Morgan fingerprint density at radius 2 is 1.62 bits per heavy atom. The zero-order valence-corrected chi connectivity index (χ0v) is 24.2. The predicted molar refractivity (Wildman–Crippen MR) is 166 cm³/mol. The van der Waals surface area contributed by atoms with Gasteiger partial charge in [-0.25, -0.2) is 9.78 Å². The number of aromatic nitrogens is 1. The maximum Gasteiger partial charge on any atom is 0.323 e. The van der Waals surface area contributed by atoms with E-state index >= 15 is 0 Å². The second-order valence-corrected chi connectivity index (χ2v) is 11.0. The molecule has 2 fully saturated rings. The second-order valence-electron chi connectivity index (χ2n) is 10.6. The van der Waals surface area contributed by atoms with Gasteiger partial charge in [0.2, 0.25) is 5.91 Å². The van der Waals surface area contributed by atoms with Crippen LogP contribution in [0.4, 0.5) is 16.3 Å². The van der Waals surface area contributed by atoms with Crippen molar-refractivity contribution in [2.24, 2.45) is 0 Å². The Hall–Kier alpha value is -4.06. The fraction of sp³-hybridized carbons (Fsp3) is 0.355. The Labute approximate surface area is 251 Å². The Balaban J connectivity index is 1.06. The Kier molecular flexibility index (Phi) is 9.96. The molecule has 0 bridgehead atoms. The molecule has 42 heavy (non-hydrogen) atoms. The maximum atomic E-state index is 12.9. The third-order valence-corrected chi connectivity index (χ3v) is 7.75. The van der Waals surface area contributed by atoms with E-state index in [2.05, 4.69) is 25.8 Å². The van der Waals surface area contributed by atoms with Crippen LogP contribution in [0.5, 0.6) is 11.5 Å². The molecular formula is C31H36N6O4S. The standard InChI is InChI=1S/C31H36N6O4S/c38-25-13-18-36(19-14-25)24-11-16-37(17-12-24)31(40)34-28-21-27(10-15-32-28)41-26-8-6-23(7-9-26)33-30(42)35-29(39)20-22-4-2-1-3-5-22/h1-10,15,21,24-25,38H,11-14,16-20H2,(H,32,34,40)(H2,33,35,39,42). The molecular weight excluding hydrogens is 552 g/mol. The molecule has 0 atom stereocenters. The van der Waals surface area contributed by atoms with Crippen molar-refractivity contribution in [2.75, 3.05) is 36.8 Å². The fourth-order valence-corrected chi connectivity index (χ4v) is 5.51. The maximum absolute atomic E-state index is 12.9. The molecule has 0 aliphatic carbocycles. The number of amides is 3. The molecule has 0 saturated carbocycles. The average Bonchev–Trinajstić information content (AvgIpc) is 2.99. The van der Waals surface area contributed by atoms with E-state index in [0.717, 1.165) is 44.3 Å². The number of rotatable bonds is 7. The van der Waals surface area contributed by atoms with Gasteiger partial charge in [-0.2, -0.15) is 0 Å². The molecule has 3 heterocycles. The number of anilines is 2. The van der Waals surface area contributed by atoms with Gasteiger partial charge < -0.3 is 30.3 Å². The number of thiocarbonyl (C=S) groups is 1. The summed E-state index contributed by atoms with van der Waals surface area (Å²) in [5.74, 6) is 1.35. The van der Waals surface area contributed by atoms with Gasteiger partial charge in [0, 0.05) is 50.2 Å². The minimum Gasteiger partial charge on any atom is -0.457 e. The van der Waals surface area contributed by atoms with Gasteiger partial charge in [-0.15, -0.1) is 0 Å². The number of carbonyl (C=O) groups is 2. The number of piperidine rings is 2. The average molecular weight is 589 g/mol. The van der Waals surface area contributed by atoms with Crippen molar-refractivity contribution in [3.8, 4) is 11.5 Å². The second kappa shape index (κ2) is 14.2. The molecule has 5 rings (SSSR count).